The molecule has 1 aliphatic heterocycles. The van der Waals surface area contributed by atoms with Crippen molar-refractivity contribution in [3.63, 3.8) is 0 Å². The van der Waals surface area contributed by atoms with E-state index in [4.69, 9.17) is 19.5 Å². The van der Waals surface area contributed by atoms with Gasteiger partial charge in [0.2, 0.25) is 0 Å². The molecule has 2 fully saturated rings. The number of carboxylic acid groups (broad SMARTS) is 2. The molecule has 19 heavy (non-hydrogen) atoms. The first-order valence-electron chi connectivity index (χ1n) is 6.24. The standard InChI is InChI=1S/C11H15BO7/c13-8(14)5-11(10(16)17)6-9(15)18-12(19-11)4-3-7-1-2-7/h7H,1-6H2,(H,13,14)(H,16,17). The van der Waals surface area contributed by atoms with Crippen LogP contribution in [0.15, 0.2) is 0 Å². The molecule has 1 saturated carbocycles. The van der Waals surface area contributed by atoms with Gasteiger partial charge in [0.05, 0.1) is 12.8 Å². The fourth-order valence-corrected chi connectivity index (χ4v) is 2.19. The fraction of sp³-hybridized carbons (Fsp3) is 0.727. The quantitative estimate of drug-likeness (QED) is 0.677. The van der Waals surface area contributed by atoms with Crippen LogP contribution in [-0.2, 0) is 23.7 Å². The topological polar surface area (TPSA) is 110 Å². The Morgan fingerprint density at radius 1 is 1.37 bits per heavy atom. The number of carboxylic acids is 2. The second-order valence-electron chi connectivity index (χ2n) is 5.10. The highest BCUT2D eigenvalue weighted by Crippen LogP contribution is 2.36. The zero-order chi connectivity index (χ0) is 14.0. The molecule has 2 aliphatic rings. The molecule has 1 atom stereocenters. The highest BCUT2D eigenvalue weighted by Gasteiger charge is 2.52. The van der Waals surface area contributed by atoms with Crippen molar-refractivity contribution in [3.8, 4) is 0 Å². The molecule has 0 radical (unpaired) electrons. The van der Waals surface area contributed by atoms with Crippen LogP contribution in [0.5, 0.6) is 0 Å². The molecule has 2 N–H and O–H groups in total. The average molecular weight is 270 g/mol. The third-order valence-electron chi connectivity index (χ3n) is 3.38. The van der Waals surface area contributed by atoms with Crippen LogP contribution in [0.2, 0.25) is 6.32 Å². The van der Waals surface area contributed by atoms with Crippen molar-refractivity contribution in [2.45, 2.75) is 44.0 Å². The highest BCUT2D eigenvalue weighted by molar-refractivity contribution is 6.48. The fourth-order valence-electron chi connectivity index (χ4n) is 2.19. The summed E-state index contributed by atoms with van der Waals surface area (Å²) in [4.78, 5) is 33.5. The molecule has 0 aromatic rings. The van der Waals surface area contributed by atoms with E-state index in [1.54, 1.807) is 0 Å². The van der Waals surface area contributed by atoms with E-state index < -0.39 is 43.5 Å². The summed E-state index contributed by atoms with van der Waals surface area (Å²) in [5.74, 6) is -2.90. The van der Waals surface area contributed by atoms with Gasteiger partial charge < -0.3 is 19.5 Å². The van der Waals surface area contributed by atoms with Gasteiger partial charge in [-0.25, -0.2) is 4.79 Å². The Kier molecular flexibility index (Phi) is 3.79. The number of carbonyl (C=O) groups is 3. The summed E-state index contributed by atoms with van der Waals surface area (Å²) >= 11 is 0. The van der Waals surface area contributed by atoms with Crippen LogP contribution in [0.25, 0.3) is 0 Å². The molecule has 1 saturated heterocycles. The second-order valence-corrected chi connectivity index (χ2v) is 5.10. The van der Waals surface area contributed by atoms with E-state index in [2.05, 4.69) is 0 Å². The minimum absolute atomic E-state index is 0.408. The van der Waals surface area contributed by atoms with Gasteiger partial charge in [-0.05, 0) is 12.2 Å². The summed E-state index contributed by atoms with van der Waals surface area (Å²) in [6, 6.07) is 0. The first-order valence-corrected chi connectivity index (χ1v) is 6.24. The number of rotatable bonds is 6. The summed E-state index contributed by atoms with van der Waals surface area (Å²) in [5, 5.41) is 18.0. The molecule has 0 aromatic carbocycles. The maximum Gasteiger partial charge on any atom is 0.528 e. The number of hydrogen-bond acceptors (Lipinski definition) is 5. The Labute approximate surface area is 110 Å². The third kappa shape index (κ3) is 3.47. The smallest absolute Gasteiger partial charge is 0.509 e. The van der Waals surface area contributed by atoms with Crippen molar-refractivity contribution in [1.82, 2.24) is 0 Å². The molecule has 0 aromatic heterocycles. The van der Waals surface area contributed by atoms with Gasteiger partial charge >= 0.3 is 19.1 Å². The zero-order valence-corrected chi connectivity index (χ0v) is 10.3. The van der Waals surface area contributed by atoms with Crippen LogP contribution < -0.4 is 0 Å². The minimum Gasteiger partial charge on any atom is -0.509 e. The lowest BCUT2D eigenvalue weighted by atomic mass is 9.77. The minimum atomic E-state index is -2.00. The largest absolute Gasteiger partial charge is 0.528 e. The van der Waals surface area contributed by atoms with Crippen LogP contribution in [0, 0.1) is 5.92 Å². The lowest BCUT2D eigenvalue weighted by Gasteiger charge is -2.34. The Bertz CT molecular complexity index is 402. The number of carbonyl (C=O) groups excluding carboxylic acids is 1. The van der Waals surface area contributed by atoms with Crippen LogP contribution in [0.3, 0.4) is 0 Å². The van der Waals surface area contributed by atoms with Crippen LogP contribution in [0.1, 0.15) is 32.1 Å². The van der Waals surface area contributed by atoms with Crippen LogP contribution in [-0.4, -0.2) is 40.8 Å². The molecule has 0 amide bonds. The lowest BCUT2D eigenvalue weighted by molar-refractivity contribution is -0.174. The lowest BCUT2D eigenvalue weighted by Crippen LogP contribution is -2.54. The van der Waals surface area contributed by atoms with Crippen molar-refractivity contribution < 1.29 is 33.9 Å². The molecular formula is C11H15BO7. The zero-order valence-electron chi connectivity index (χ0n) is 10.3. The van der Waals surface area contributed by atoms with E-state index in [-0.39, 0.29) is 0 Å². The van der Waals surface area contributed by atoms with Crippen LogP contribution >= 0.6 is 0 Å². The molecule has 1 aliphatic carbocycles. The van der Waals surface area contributed by atoms with Crippen molar-refractivity contribution in [3.05, 3.63) is 0 Å². The summed E-state index contributed by atoms with van der Waals surface area (Å²) < 4.78 is 10.2. The van der Waals surface area contributed by atoms with Crippen molar-refractivity contribution in [1.29, 1.82) is 0 Å². The molecule has 2 rings (SSSR count). The maximum absolute atomic E-state index is 11.5. The van der Waals surface area contributed by atoms with E-state index >= 15 is 0 Å². The average Bonchev–Trinajstić information content (AvgIpc) is 3.08. The van der Waals surface area contributed by atoms with Gasteiger partial charge in [-0.15, -0.1) is 0 Å². The number of aliphatic carboxylic acids is 2. The Balaban J connectivity index is 2.05. The monoisotopic (exact) mass is 270 g/mol. The summed E-state index contributed by atoms with van der Waals surface area (Å²) in [7, 11) is -0.961. The predicted molar refractivity (Wildman–Crippen MR) is 62.3 cm³/mol. The van der Waals surface area contributed by atoms with Gasteiger partial charge in [0.25, 0.3) is 5.97 Å². The Morgan fingerprint density at radius 2 is 2.05 bits per heavy atom. The van der Waals surface area contributed by atoms with Crippen molar-refractivity contribution in [2.24, 2.45) is 5.92 Å². The summed E-state index contributed by atoms with van der Waals surface area (Å²) in [6.07, 6.45) is 2.12. The van der Waals surface area contributed by atoms with E-state index in [9.17, 15) is 14.4 Å². The van der Waals surface area contributed by atoms with Gasteiger partial charge in [0.1, 0.15) is 0 Å². The third-order valence-corrected chi connectivity index (χ3v) is 3.38. The number of hydrogen-bond donors (Lipinski definition) is 2. The van der Waals surface area contributed by atoms with Gasteiger partial charge in [0.15, 0.2) is 5.60 Å². The summed E-state index contributed by atoms with van der Waals surface area (Å²) in [6.45, 7) is 0. The molecule has 0 bridgehead atoms. The first-order chi connectivity index (χ1) is 8.91. The van der Waals surface area contributed by atoms with Crippen molar-refractivity contribution in [2.75, 3.05) is 0 Å². The molecule has 1 heterocycles. The molecule has 8 heteroatoms. The van der Waals surface area contributed by atoms with Gasteiger partial charge in [-0.3, -0.25) is 9.59 Å². The van der Waals surface area contributed by atoms with E-state index in [1.165, 1.54) is 0 Å². The van der Waals surface area contributed by atoms with E-state index in [0.29, 0.717) is 12.2 Å². The normalized spacial score (nSPS) is 26.9. The second kappa shape index (κ2) is 5.20. The SMILES string of the molecule is O=C(O)CC1(C(=O)O)CC(=O)OB(CCC2CC2)O1. The van der Waals surface area contributed by atoms with E-state index in [1.807, 2.05) is 0 Å². The predicted octanol–water partition coefficient (Wildman–Crippen LogP) is 0.536. The summed E-state index contributed by atoms with van der Waals surface area (Å²) in [5.41, 5.74) is -2.00. The molecule has 1 unspecified atom stereocenters. The highest BCUT2D eigenvalue weighted by atomic mass is 16.6. The van der Waals surface area contributed by atoms with Gasteiger partial charge in [-0.1, -0.05) is 19.3 Å². The van der Waals surface area contributed by atoms with E-state index in [0.717, 1.165) is 19.3 Å². The first kappa shape index (κ1) is 13.9. The molecule has 7 nitrogen and oxygen atoms in total. The van der Waals surface area contributed by atoms with Gasteiger partial charge in [-0.2, -0.15) is 0 Å². The Morgan fingerprint density at radius 3 is 2.58 bits per heavy atom. The molecule has 104 valence electrons. The van der Waals surface area contributed by atoms with Gasteiger partial charge in [0, 0.05) is 0 Å². The maximum atomic E-state index is 11.5. The molecule has 0 spiro atoms. The van der Waals surface area contributed by atoms with Crippen molar-refractivity contribution >= 4 is 25.0 Å². The molecular weight excluding hydrogens is 255 g/mol. The van der Waals surface area contributed by atoms with Crippen LogP contribution in [0.4, 0.5) is 0 Å². The Hall–Kier alpha value is -1.57.